The molecule has 5 heteroatoms. The number of allylic oxidation sites excluding steroid dienone is 2. The van der Waals surface area contributed by atoms with Gasteiger partial charge in [-0.15, -0.1) is 0 Å². The molecule has 0 N–H and O–H groups in total. The molecule has 0 bridgehead atoms. The van der Waals surface area contributed by atoms with Crippen LogP contribution >= 0.6 is 0 Å². The number of ether oxygens (including phenoxy) is 1. The lowest BCUT2D eigenvalue weighted by Gasteiger charge is -2.23. The van der Waals surface area contributed by atoms with Crippen LogP contribution in [0.2, 0.25) is 0 Å². The van der Waals surface area contributed by atoms with Crippen LogP contribution in [0.5, 0.6) is 0 Å². The van der Waals surface area contributed by atoms with Gasteiger partial charge in [-0.1, -0.05) is 23.4 Å². The minimum atomic E-state index is -0.440. The van der Waals surface area contributed by atoms with E-state index in [1.165, 1.54) is 18.6 Å². The van der Waals surface area contributed by atoms with Gasteiger partial charge in [-0.25, -0.2) is 4.39 Å². The fraction of sp³-hybridized carbons (Fsp3) is 0.444. The van der Waals surface area contributed by atoms with Crippen molar-refractivity contribution in [2.75, 3.05) is 13.2 Å². The molecule has 0 amide bonds. The Labute approximate surface area is 134 Å². The van der Waals surface area contributed by atoms with Gasteiger partial charge in [-0.3, -0.25) is 0 Å². The van der Waals surface area contributed by atoms with Gasteiger partial charge in [0, 0.05) is 12.2 Å². The summed E-state index contributed by atoms with van der Waals surface area (Å²) in [5.74, 6) is 1.01. The van der Waals surface area contributed by atoms with Gasteiger partial charge in [-0.2, -0.15) is 4.98 Å². The maximum absolute atomic E-state index is 13.3. The predicted molar refractivity (Wildman–Crippen MR) is 83.4 cm³/mol. The highest BCUT2D eigenvalue weighted by molar-refractivity contribution is 5.59. The van der Waals surface area contributed by atoms with Crippen LogP contribution in [0.15, 0.2) is 34.9 Å². The van der Waals surface area contributed by atoms with Crippen LogP contribution in [-0.4, -0.2) is 23.4 Å². The Morgan fingerprint density at radius 2 is 2.00 bits per heavy atom. The van der Waals surface area contributed by atoms with Crippen molar-refractivity contribution in [3.05, 3.63) is 53.4 Å². The lowest BCUT2D eigenvalue weighted by Crippen LogP contribution is -2.29. The summed E-state index contributed by atoms with van der Waals surface area (Å²) < 4.78 is 24.4. The van der Waals surface area contributed by atoms with Crippen molar-refractivity contribution in [3.63, 3.8) is 0 Å². The number of hydrogen-bond acceptors (Lipinski definition) is 4. The van der Waals surface area contributed by atoms with Crippen LogP contribution in [-0.2, 0) is 10.2 Å². The first kappa shape index (κ1) is 14.6. The summed E-state index contributed by atoms with van der Waals surface area (Å²) >= 11 is 0. The molecule has 1 atom stereocenters. The smallest absolute Gasteiger partial charge is 0.253 e. The van der Waals surface area contributed by atoms with Gasteiger partial charge in [0.05, 0.1) is 12.0 Å². The third kappa shape index (κ3) is 2.59. The minimum absolute atomic E-state index is 0.246. The average Bonchev–Trinajstić information content (AvgIpc) is 3.26. The fourth-order valence-corrected chi connectivity index (χ4v) is 3.45. The van der Waals surface area contributed by atoms with Crippen molar-refractivity contribution in [1.82, 2.24) is 10.1 Å². The van der Waals surface area contributed by atoms with E-state index in [1.54, 1.807) is 12.1 Å². The number of benzene rings is 1. The maximum atomic E-state index is 13.3. The molecule has 2 heterocycles. The second kappa shape index (κ2) is 5.89. The van der Waals surface area contributed by atoms with E-state index in [9.17, 15) is 4.39 Å². The van der Waals surface area contributed by atoms with Crippen LogP contribution in [0.1, 0.15) is 49.4 Å². The minimum Gasteiger partial charge on any atom is -0.380 e. The van der Waals surface area contributed by atoms with Crippen LogP contribution in [0.4, 0.5) is 4.39 Å². The molecular formula is C18H19FN2O2. The molecule has 1 saturated heterocycles. The van der Waals surface area contributed by atoms with Crippen molar-refractivity contribution in [2.45, 2.75) is 37.5 Å². The zero-order valence-corrected chi connectivity index (χ0v) is 12.9. The molecule has 4 nitrogen and oxygen atoms in total. The topological polar surface area (TPSA) is 48.2 Å². The fourth-order valence-electron chi connectivity index (χ4n) is 3.45. The van der Waals surface area contributed by atoms with Crippen LogP contribution in [0.3, 0.4) is 0 Å². The summed E-state index contributed by atoms with van der Waals surface area (Å²) in [6, 6.07) is 6.53. The molecule has 1 aromatic heterocycles. The first-order valence-corrected chi connectivity index (χ1v) is 8.15. The van der Waals surface area contributed by atoms with Crippen LogP contribution in [0, 0.1) is 5.82 Å². The molecule has 1 fully saturated rings. The second-order valence-corrected chi connectivity index (χ2v) is 6.29. The number of halogens is 1. The largest absolute Gasteiger partial charge is 0.380 e. The Bertz CT molecular complexity index is 715. The number of aromatic nitrogens is 2. The van der Waals surface area contributed by atoms with E-state index in [1.807, 2.05) is 0 Å². The zero-order valence-electron chi connectivity index (χ0n) is 12.9. The molecule has 0 spiro atoms. The van der Waals surface area contributed by atoms with Gasteiger partial charge >= 0.3 is 0 Å². The molecule has 1 aliphatic carbocycles. The SMILES string of the molecule is Fc1ccc(C2(c3noc(C4=CCCCC4)n3)CCOC2)cc1. The number of nitrogens with zero attached hydrogens (tertiary/aromatic N) is 2. The monoisotopic (exact) mass is 314 g/mol. The van der Waals surface area contributed by atoms with E-state index in [-0.39, 0.29) is 5.82 Å². The molecule has 4 rings (SSSR count). The molecule has 0 radical (unpaired) electrons. The Morgan fingerprint density at radius 1 is 1.13 bits per heavy atom. The predicted octanol–water partition coefficient (Wildman–Crippen LogP) is 3.87. The Morgan fingerprint density at radius 3 is 2.70 bits per heavy atom. The Balaban J connectivity index is 1.72. The molecule has 1 aliphatic heterocycles. The normalized spacial score (nSPS) is 24.7. The van der Waals surface area contributed by atoms with E-state index in [0.29, 0.717) is 24.9 Å². The van der Waals surface area contributed by atoms with Crippen molar-refractivity contribution < 1.29 is 13.7 Å². The van der Waals surface area contributed by atoms with Gasteiger partial charge in [0.15, 0.2) is 5.82 Å². The molecule has 1 unspecified atom stereocenters. The van der Waals surface area contributed by atoms with E-state index < -0.39 is 5.41 Å². The highest BCUT2D eigenvalue weighted by Gasteiger charge is 2.43. The highest BCUT2D eigenvalue weighted by atomic mass is 19.1. The third-order valence-electron chi connectivity index (χ3n) is 4.84. The van der Waals surface area contributed by atoms with E-state index in [4.69, 9.17) is 9.26 Å². The van der Waals surface area contributed by atoms with Crippen molar-refractivity contribution in [1.29, 1.82) is 0 Å². The third-order valence-corrected chi connectivity index (χ3v) is 4.84. The molecule has 120 valence electrons. The van der Waals surface area contributed by atoms with Crippen molar-refractivity contribution >= 4 is 5.57 Å². The molecule has 23 heavy (non-hydrogen) atoms. The van der Waals surface area contributed by atoms with Gasteiger partial charge in [0.2, 0.25) is 0 Å². The lowest BCUT2D eigenvalue weighted by atomic mass is 9.79. The van der Waals surface area contributed by atoms with Crippen molar-refractivity contribution in [3.8, 4) is 0 Å². The van der Waals surface area contributed by atoms with Crippen LogP contribution in [0.25, 0.3) is 5.57 Å². The number of rotatable bonds is 3. The first-order chi connectivity index (χ1) is 11.3. The maximum Gasteiger partial charge on any atom is 0.253 e. The summed E-state index contributed by atoms with van der Waals surface area (Å²) in [6.07, 6.45) is 7.40. The highest BCUT2D eigenvalue weighted by Crippen LogP contribution is 2.39. The van der Waals surface area contributed by atoms with E-state index in [0.717, 1.165) is 36.8 Å². The Hall–Kier alpha value is -2.01. The Kier molecular flexibility index (Phi) is 3.73. The summed E-state index contributed by atoms with van der Waals surface area (Å²) in [5.41, 5.74) is 1.68. The standard InChI is InChI=1S/C18H19FN2O2/c19-15-8-6-14(7-9-15)18(10-11-22-12-18)17-20-16(23-21-17)13-4-2-1-3-5-13/h4,6-9H,1-3,5,10-12H2. The zero-order chi connectivity index (χ0) is 15.7. The van der Waals surface area contributed by atoms with Crippen LogP contribution < -0.4 is 0 Å². The van der Waals surface area contributed by atoms with Gasteiger partial charge < -0.3 is 9.26 Å². The molecule has 2 aromatic rings. The first-order valence-electron chi connectivity index (χ1n) is 8.15. The molecule has 2 aliphatic rings. The molecular weight excluding hydrogens is 295 g/mol. The van der Waals surface area contributed by atoms with Crippen molar-refractivity contribution in [2.24, 2.45) is 0 Å². The van der Waals surface area contributed by atoms with Gasteiger partial charge in [0.1, 0.15) is 5.82 Å². The van der Waals surface area contributed by atoms with E-state index >= 15 is 0 Å². The molecule has 1 aromatic carbocycles. The number of hydrogen-bond donors (Lipinski definition) is 0. The second-order valence-electron chi connectivity index (χ2n) is 6.29. The van der Waals surface area contributed by atoms with Gasteiger partial charge in [-0.05, 0) is 49.8 Å². The average molecular weight is 314 g/mol. The lowest BCUT2D eigenvalue weighted by molar-refractivity contribution is 0.182. The summed E-state index contributed by atoms with van der Waals surface area (Å²) in [6.45, 7) is 1.14. The van der Waals surface area contributed by atoms with E-state index in [2.05, 4.69) is 16.2 Å². The molecule has 0 saturated carbocycles. The summed E-state index contributed by atoms with van der Waals surface area (Å²) in [4.78, 5) is 4.67. The van der Waals surface area contributed by atoms with Gasteiger partial charge in [0.25, 0.3) is 5.89 Å². The summed E-state index contributed by atoms with van der Waals surface area (Å²) in [7, 11) is 0. The quantitative estimate of drug-likeness (QED) is 0.863. The summed E-state index contributed by atoms with van der Waals surface area (Å²) in [5, 5.41) is 4.24.